The number of nitrogens with zero attached hydrogens (tertiary/aromatic N) is 6. The number of benzene rings is 1. The van der Waals surface area contributed by atoms with E-state index in [-0.39, 0.29) is 11.6 Å². The molecule has 0 radical (unpaired) electrons. The molecule has 10 nitrogen and oxygen atoms in total. The van der Waals surface area contributed by atoms with Gasteiger partial charge >= 0.3 is 0 Å². The first-order chi connectivity index (χ1) is 14.1. The van der Waals surface area contributed by atoms with E-state index in [1.54, 1.807) is 12.7 Å². The zero-order valence-corrected chi connectivity index (χ0v) is 15.8. The van der Waals surface area contributed by atoms with Crippen LogP contribution in [0, 0.1) is 0 Å². The van der Waals surface area contributed by atoms with E-state index in [4.69, 9.17) is 11.5 Å². The van der Waals surface area contributed by atoms with Crippen molar-refractivity contribution in [2.75, 3.05) is 10.3 Å². The van der Waals surface area contributed by atoms with Crippen LogP contribution in [-0.4, -0.2) is 42.5 Å². The minimum Gasteiger partial charge on any atom is -0.365 e. The molecule has 3 aromatic rings. The summed E-state index contributed by atoms with van der Waals surface area (Å²) < 4.78 is 1.87. The molecule has 1 aliphatic carbocycles. The van der Waals surface area contributed by atoms with Crippen LogP contribution in [0.3, 0.4) is 0 Å². The van der Waals surface area contributed by atoms with Crippen LogP contribution in [0.5, 0.6) is 0 Å². The molecule has 0 saturated heterocycles. The number of amides is 1. The van der Waals surface area contributed by atoms with Crippen LogP contribution in [-0.2, 0) is 0 Å². The van der Waals surface area contributed by atoms with E-state index in [9.17, 15) is 4.79 Å². The van der Waals surface area contributed by atoms with E-state index in [1.165, 1.54) is 12.5 Å². The van der Waals surface area contributed by atoms with E-state index >= 15 is 0 Å². The number of hydrogen-bond donors (Lipinski definition) is 3. The quantitative estimate of drug-likeness (QED) is 0.530. The summed E-state index contributed by atoms with van der Waals surface area (Å²) >= 11 is 0. The van der Waals surface area contributed by atoms with Crippen molar-refractivity contribution in [1.82, 2.24) is 24.8 Å². The van der Waals surface area contributed by atoms with E-state index in [2.05, 4.69) is 30.5 Å². The molecule has 0 aliphatic heterocycles. The average molecular weight is 393 g/mol. The van der Waals surface area contributed by atoms with Crippen LogP contribution in [0.4, 0.5) is 11.5 Å². The molecule has 1 saturated carbocycles. The summed E-state index contributed by atoms with van der Waals surface area (Å²) in [6, 6.07) is 10.1. The number of aromatic nitrogens is 5. The number of carbonyl (C=O) groups is 1. The lowest BCUT2D eigenvalue weighted by atomic mass is 9.85. The van der Waals surface area contributed by atoms with E-state index < -0.39 is 11.6 Å². The van der Waals surface area contributed by atoms with E-state index in [0.29, 0.717) is 12.2 Å². The summed E-state index contributed by atoms with van der Waals surface area (Å²) in [7, 11) is 0. The Bertz CT molecular complexity index is 963. The lowest BCUT2D eigenvalue weighted by molar-refractivity contribution is 0.1000. The van der Waals surface area contributed by atoms with Crippen LogP contribution in [0.2, 0.25) is 0 Å². The van der Waals surface area contributed by atoms with Crippen LogP contribution >= 0.6 is 0 Å². The van der Waals surface area contributed by atoms with Crippen molar-refractivity contribution in [1.29, 1.82) is 0 Å². The Morgan fingerprint density at radius 1 is 1.24 bits per heavy atom. The van der Waals surface area contributed by atoms with Crippen molar-refractivity contribution < 1.29 is 4.79 Å². The molecule has 1 aromatic carbocycles. The highest BCUT2D eigenvalue weighted by atomic mass is 16.1. The fourth-order valence-electron chi connectivity index (χ4n) is 3.87. The predicted octanol–water partition coefficient (Wildman–Crippen LogP) is 1.15. The third-order valence-corrected chi connectivity index (χ3v) is 5.13. The normalized spacial score (nSPS) is 21.5. The van der Waals surface area contributed by atoms with Crippen molar-refractivity contribution in [2.24, 2.45) is 11.5 Å². The van der Waals surface area contributed by atoms with Gasteiger partial charge in [0.1, 0.15) is 24.8 Å². The maximum absolute atomic E-state index is 11.7. The number of primary amides is 1. The Kier molecular flexibility index (Phi) is 5.09. The summed E-state index contributed by atoms with van der Waals surface area (Å²) in [4.78, 5) is 19.8. The lowest BCUT2D eigenvalue weighted by Crippen LogP contribution is -2.56. The minimum atomic E-state index is -0.761. The number of para-hydroxylation sites is 1. The van der Waals surface area contributed by atoms with Crippen molar-refractivity contribution in [3.63, 3.8) is 0 Å². The van der Waals surface area contributed by atoms with Gasteiger partial charge in [-0.1, -0.05) is 18.2 Å². The SMILES string of the molecule is NC(=O)c1cncnc1N[C@@]1(N)CCCC(N(c2ccccc2)n2cnnc2)C1. The first kappa shape index (κ1) is 18.8. The molecule has 1 unspecified atom stereocenters. The first-order valence-electron chi connectivity index (χ1n) is 9.42. The molecule has 4 rings (SSSR count). The van der Waals surface area contributed by atoms with Crippen LogP contribution in [0.1, 0.15) is 36.0 Å². The van der Waals surface area contributed by atoms with Crippen LogP contribution in [0.25, 0.3) is 0 Å². The van der Waals surface area contributed by atoms with Gasteiger partial charge in [0, 0.05) is 12.6 Å². The molecule has 2 heterocycles. The van der Waals surface area contributed by atoms with Crippen LogP contribution in [0.15, 0.2) is 55.5 Å². The van der Waals surface area contributed by atoms with Gasteiger partial charge in [-0.3, -0.25) is 9.80 Å². The molecule has 1 aliphatic rings. The number of carbonyl (C=O) groups excluding carboxylic acids is 1. The summed E-state index contributed by atoms with van der Waals surface area (Å²) in [6.45, 7) is 0. The minimum absolute atomic E-state index is 0.0820. The van der Waals surface area contributed by atoms with Gasteiger partial charge in [-0.2, -0.15) is 0 Å². The monoisotopic (exact) mass is 393 g/mol. The predicted molar refractivity (Wildman–Crippen MR) is 108 cm³/mol. The van der Waals surface area contributed by atoms with Gasteiger partial charge in [-0.25, -0.2) is 14.6 Å². The summed E-state index contributed by atoms with van der Waals surface area (Å²) in [5.41, 5.74) is 12.7. The second kappa shape index (κ2) is 7.84. The number of nitrogens with one attached hydrogen (secondary N) is 1. The topological polar surface area (TPSA) is 141 Å². The van der Waals surface area contributed by atoms with Gasteiger partial charge < -0.3 is 16.8 Å². The maximum atomic E-state index is 11.7. The van der Waals surface area contributed by atoms with Gasteiger partial charge in [0.25, 0.3) is 5.91 Å². The summed E-state index contributed by atoms with van der Waals surface area (Å²) in [5, 5.41) is 13.3. The smallest absolute Gasteiger partial charge is 0.254 e. The molecular formula is C19H23N9O. The molecule has 29 heavy (non-hydrogen) atoms. The molecule has 0 bridgehead atoms. The zero-order chi connectivity index (χ0) is 20.3. The van der Waals surface area contributed by atoms with Crippen molar-refractivity contribution in [3.05, 3.63) is 61.1 Å². The molecule has 2 atom stereocenters. The second-order valence-corrected chi connectivity index (χ2v) is 7.20. The highest BCUT2D eigenvalue weighted by molar-refractivity contribution is 5.97. The standard InChI is InChI=1S/C19H23N9O/c20-17(29)16-10-22-11-23-18(16)26-19(21)8-4-7-15(9-19)28(27-12-24-25-13-27)14-5-2-1-3-6-14/h1-3,5-6,10-13,15H,4,7-9,21H2,(H2,20,29)(H,22,23,26)/t15?,19-/m0/s1. The third-order valence-electron chi connectivity index (χ3n) is 5.13. The Hall–Kier alpha value is -3.53. The van der Waals surface area contributed by atoms with Crippen molar-refractivity contribution in [3.8, 4) is 0 Å². The third kappa shape index (κ3) is 4.02. The fraction of sp³-hybridized carbons (Fsp3) is 0.316. The van der Waals surface area contributed by atoms with E-state index in [1.807, 2.05) is 35.0 Å². The number of nitrogens with two attached hydrogens (primary N) is 2. The van der Waals surface area contributed by atoms with Crippen molar-refractivity contribution in [2.45, 2.75) is 37.4 Å². The fourth-order valence-corrected chi connectivity index (χ4v) is 3.87. The Morgan fingerprint density at radius 3 is 2.72 bits per heavy atom. The average Bonchev–Trinajstić information content (AvgIpc) is 3.23. The molecule has 5 N–H and O–H groups in total. The number of rotatable bonds is 6. The molecule has 10 heteroatoms. The Labute approximate surface area is 167 Å². The molecule has 2 aromatic heterocycles. The second-order valence-electron chi connectivity index (χ2n) is 7.20. The number of hydrogen-bond acceptors (Lipinski definition) is 8. The molecule has 1 amide bonds. The van der Waals surface area contributed by atoms with Crippen LogP contribution < -0.4 is 21.8 Å². The first-order valence-corrected chi connectivity index (χ1v) is 9.42. The highest BCUT2D eigenvalue weighted by Crippen LogP contribution is 2.33. The van der Waals surface area contributed by atoms with Gasteiger partial charge in [0.05, 0.1) is 23.0 Å². The zero-order valence-electron chi connectivity index (χ0n) is 15.8. The Morgan fingerprint density at radius 2 is 2.00 bits per heavy atom. The maximum Gasteiger partial charge on any atom is 0.254 e. The lowest BCUT2D eigenvalue weighted by Gasteiger charge is -2.44. The van der Waals surface area contributed by atoms with Gasteiger partial charge in [-0.05, 0) is 31.4 Å². The highest BCUT2D eigenvalue weighted by Gasteiger charge is 2.37. The summed E-state index contributed by atoms with van der Waals surface area (Å²) in [5.74, 6) is -0.245. The molecular weight excluding hydrogens is 370 g/mol. The van der Waals surface area contributed by atoms with Crippen molar-refractivity contribution >= 4 is 17.4 Å². The van der Waals surface area contributed by atoms with Gasteiger partial charge in [0.15, 0.2) is 0 Å². The number of anilines is 2. The van der Waals surface area contributed by atoms with Gasteiger partial charge in [0.2, 0.25) is 0 Å². The molecule has 150 valence electrons. The van der Waals surface area contributed by atoms with Gasteiger partial charge in [-0.15, -0.1) is 10.2 Å². The molecule has 1 fully saturated rings. The largest absolute Gasteiger partial charge is 0.365 e. The Balaban J connectivity index is 1.62. The summed E-state index contributed by atoms with van der Waals surface area (Å²) in [6.07, 6.45) is 9.29. The van der Waals surface area contributed by atoms with E-state index in [0.717, 1.165) is 24.9 Å². The molecule has 0 spiro atoms.